The van der Waals surface area contributed by atoms with Crippen LogP contribution in [0.1, 0.15) is 12.7 Å². The van der Waals surface area contributed by atoms with Crippen LogP contribution < -0.4 is 5.32 Å². The number of rotatable bonds is 4. The first kappa shape index (κ1) is 11.5. The zero-order valence-electron chi connectivity index (χ0n) is 8.04. The lowest BCUT2D eigenvalue weighted by Crippen LogP contribution is -2.34. The summed E-state index contributed by atoms with van der Waals surface area (Å²) < 4.78 is 10.7. The van der Waals surface area contributed by atoms with Gasteiger partial charge in [0.1, 0.15) is 11.8 Å². The lowest BCUT2D eigenvalue weighted by atomic mass is 10.3. The predicted octanol–water partition coefficient (Wildman–Crippen LogP) is 1.54. The number of esters is 1. The lowest BCUT2D eigenvalue weighted by Gasteiger charge is -2.09. The Morgan fingerprint density at radius 1 is 1.71 bits per heavy atom. The molecule has 0 spiro atoms. The van der Waals surface area contributed by atoms with Crippen molar-refractivity contribution < 1.29 is 13.9 Å². The maximum Gasteiger partial charge on any atom is 0.322 e. The summed E-state index contributed by atoms with van der Waals surface area (Å²) in [7, 11) is 1.37. The number of carbonyl (C=O) groups is 1. The Bertz CT molecular complexity index is 311. The third kappa shape index (κ3) is 3.30. The van der Waals surface area contributed by atoms with E-state index in [4.69, 9.17) is 4.42 Å². The van der Waals surface area contributed by atoms with E-state index >= 15 is 0 Å². The SMILES string of the molecule is COC(=O)C(C)NCc1ccc(I)o1. The van der Waals surface area contributed by atoms with E-state index in [2.05, 4.69) is 32.6 Å². The minimum Gasteiger partial charge on any atom is -0.468 e. The topological polar surface area (TPSA) is 51.5 Å². The zero-order chi connectivity index (χ0) is 10.6. The van der Waals surface area contributed by atoms with Crippen molar-refractivity contribution in [3.63, 3.8) is 0 Å². The summed E-state index contributed by atoms with van der Waals surface area (Å²) in [5.74, 6) is 0.538. The molecule has 0 bridgehead atoms. The highest BCUT2D eigenvalue weighted by atomic mass is 127. The van der Waals surface area contributed by atoms with Crippen molar-refractivity contribution in [2.24, 2.45) is 0 Å². The number of methoxy groups -OCH3 is 1. The predicted molar refractivity (Wildman–Crippen MR) is 59.7 cm³/mol. The van der Waals surface area contributed by atoms with Gasteiger partial charge in [-0.15, -0.1) is 0 Å². The lowest BCUT2D eigenvalue weighted by molar-refractivity contribution is -0.142. The van der Waals surface area contributed by atoms with Gasteiger partial charge < -0.3 is 9.15 Å². The molecule has 4 nitrogen and oxygen atoms in total. The average molecular weight is 309 g/mol. The van der Waals surface area contributed by atoms with Gasteiger partial charge in [0.25, 0.3) is 0 Å². The number of carbonyl (C=O) groups excluding carboxylic acids is 1. The van der Waals surface area contributed by atoms with Gasteiger partial charge >= 0.3 is 5.97 Å². The third-order valence-electron chi connectivity index (χ3n) is 1.77. The maximum atomic E-state index is 11.0. The van der Waals surface area contributed by atoms with E-state index in [1.807, 2.05) is 12.1 Å². The van der Waals surface area contributed by atoms with Gasteiger partial charge in [0, 0.05) is 0 Å². The van der Waals surface area contributed by atoms with Crippen molar-refractivity contribution in [2.75, 3.05) is 7.11 Å². The van der Waals surface area contributed by atoms with E-state index in [9.17, 15) is 4.79 Å². The van der Waals surface area contributed by atoms with E-state index < -0.39 is 0 Å². The molecule has 0 fully saturated rings. The zero-order valence-corrected chi connectivity index (χ0v) is 10.2. The molecule has 0 aliphatic rings. The molecule has 1 N–H and O–H groups in total. The molecule has 1 rings (SSSR count). The van der Waals surface area contributed by atoms with Crippen LogP contribution in [-0.2, 0) is 16.1 Å². The van der Waals surface area contributed by atoms with Crippen molar-refractivity contribution in [1.29, 1.82) is 0 Å². The Kier molecular flexibility index (Phi) is 4.40. The first-order chi connectivity index (χ1) is 6.63. The molecule has 1 heterocycles. The Balaban J connectivity index is 2.37. The molecular formula is C9H12INO3. The second kappa shape index (κ2) is 5.35. The van der Waals surface area contributed by atoms with Crippen LogP contribution in [-0.4, -0.2) is 19.1 Å². The summed E-state index contributed by atoms with van der Waals surface area (Å²) >= 11 is 2.09. The van der Waals surface area contributed by atoms with Crippen molar-refractivity contribution in [2.45, 2.75) is 19.5 Å². The van der Waals surface area contributed by atoms with Crippen LogP contribution in [0.5, 0.6) is 0 Å². The molecule has 0 aliphatic carbocycles. The quantitative estimate of drug-likeness (QED) is 0.677. The summed E-state index contributed by atoms with van der Waals surface area (Å²) in [4.78, 5) is 11.0. The first-order valence-corrected chi connectivity index (χ1v) is 5.26. The summed E-state index contributed by atoms with van der Waals surface area (Å²) in [6.45, 7) is 2.28. The standard InChI is InChI=1S/C9H12INO3/c1-6(9(12)13-2)11-5-7-3-4-8(10)14-7/h3-4,6,11H,5H2,1-2H3. The van der Waals surface area contributed by atoms with Crippen molar-refractivity contribution >= 4 is 28.6 Å². The van der Waals surface area contributed by atoms with E-state index in [0.29, 0.717) is 6.54 Å². The summed E-state index contributed by atoms with van der Waals surface area (Å²) in [5, 5.41) is 2.99. The van der Waals surface area contributed by atoms with Gasteiger partial charge in [-0.25, -0.2) is 0 Å². The molecule has 1 atom stereocenters. The molecule has 1 unspecified atom stereocenters. The van der Waals surface area contributed by atoms with E-state index in [0.717, 1.165) is 9.53 Å². The van der Waals surface area contributed by atoms with Crippen LogP contribution in [0.25, 0.3) is 0 Å². The van der Waals surface area contributed by atoms with Gasteiger partial charge in [-0.1, -0.05) is 0 Å². The molecule has 78 valence electrons. The molecule has 5 heteroatoms. The molecule has 0 aromatic carbocycles. The maximum absolute atomic E-state index is 11.0. The van der Waals surface area contributed by atoms with Gasteiger partial charge in [-0.2, -0.15) is 0 Å². The van der Waals surface area contributed by atoms with Crippen LogP contribution in [0.2, 0.25) is 0 Å². The van der Waals surface area contributed by atoms with Gasteiger partial charge in [-0.05, 0) is 41.6 Å². The van der Waals surface area contributed by atoms with Crippen molar-refractivity contribution in [3.8, 4) is 0 Å². The molecule has 14 heavy (non-hydrogen) atoms. The fourth-order valence-electron chi connectivity index (χ4n) is 0.961. The fraction of sp³-hybridized carbons (Fsp3) is 0.444. The Labute approximate surface area is 96.1 Å². The highest BCUT2D eigenvalue weighted by Gasteiger charge is 2.12. The number of nitrogens with one attached hydrogen (secondary N) is 1. The van der Waals surface area contributed by atoms with Gasteiger partial charge in [0.15, 0.2) is 3.77 Å². The van der Waals surface area contributed by atoms with Crippen LogP contribution in [0, 0.1) is 3.77 Å². The van der Waals surface area contributed by atoms with Crippen molar-refractivity contribution in [3.05, 3.63) is 21.7 Å². The monoisotopic (exact) mass is 309 g/mol. The number of ether oxygens (including phenoxy) is 1. The molecular weight excluding hydrogens is 297 g/mol. The van der Waals surface area contributed by atoms with Crippen molar-refractivity contribution in [1.82, 2.24) is 5.32 Å². The third-order valence-corrected chi connectivity index (χ3v) is 2.35. The number of hydrogen-bond acceptors (Lipinski definition) is 4. The van der Waals surface area contributed by atoms with Gasteiger partial charge in [-0.3, -0.25) is 10.1 Å². The summed E-state index contributed by atoms with van der Waals surface area (Å²) in [6.07, 6.45) is 0. The molecule has 0 saturated carbocycles. The Hall–Kier alpha value is -0.560. The fourth-order valence-corrected chi connectivity index (χ4v) is 1.42. The van der Waals surface area contributed by atoms with Crippen LogP contribution in [0.4, 0.5) is 0 Å². The smallest absolute Gasteiger partial charge is 0.322 e. The van der Waals surface area contributed by atoms with E-state index in [-0.39, 0.29) is 12.0 Å². The molecule has 0 aliphatic heterocycles. The molecule has 0 saturated heterocycles. The van der Waals surface area contributed by atoms with Crippen LogP contribution in [0.15, 0.2) is 16.5 Å². The van der Waals surface area contributed by atoms with Gasteiger partial charge in [0.2, 0.25) is 0 Å². The van der Waals surface area contributed by atoms with E-state index in [1.165, 1.54) is 7.11 Å². The highest BCUT2D eigenvalue weighted by Crippen LogP contribution is 2.09. The van der Waals surface area contributed by atoms with Crippen LogP contribution >= 0.6 is 22.6 Å². The minimum atomic E-state index is -0.317. The van der Waals surface area contributed by atoms with E-state index in [1.54, 1.807) is 6.92 Å². The first-order valence-electron chi connectivity index (χ1n) is 4.19. The normalized spacial score (nSPS) is 12.5. The average Bonchev–Trinajstić information content (AvgIpc) is 2.59. The number of hydrogen-bond donors (Lipinski definition) is 1. The molecule has 1 aromatic rings. The molecule has 1 aromatic heterocycles. The Morgan fingerprint density at radius 3 is 2.93 bits per heavy atom. The second-order valence-electron chi connectivity index (χ2n) is 2.83. The minimum absolute atomic E-state index is 0.272. The molecule has 0 radical (unpaired) electrons. The second-order valence-corrected chi connectivity index (χ2v) is 3.89. The number of furan rings is 1. The largest absolute Gasteiger partial charge is 0.468 e. The molecule has 0 amide bonds. The van der Waals surface area contributed by atoms with Gasteiger partial charge in [0.05, 0.1) is 13.7 Å². The number of halogens is 1. The Morgan fingerprint density at radius 2 is 2.43 bits per heavy atom. The summed E-state index contributed by atoms with van der Waals surface area (Å²) in [5.41, 5.74) is 0. The van der Waals surface area contributed by atoms with Crippen LogP contribution in [0.3, 0.4) is 0 Å². The highest BCUT2D eigenvalue weighted by molar-refractivity contribution is 14.1. The summed E-state index contributed by atoms with van der Waals surface area (Å²) in [6, 6.07) is 3.43.